The number of allylic oxidation sites excluding steroid dienone is 6. The summed E-state index contributed by atoms with van der Waals surface area (Å²) < 4.78 is 0. The molecule has 0 nitrogen and oxygen atoms in total. The van der Waals surface area contributed by atoms with Gasteiger partial charge in [-0.05, 0) is 0 Å². The van der Waals surface area contributed by atoms with Gasteiger partial charge in [-0.1, -0.05) is 0 Å². The first-order chi connectivity index (χ1) is 4.00. The molecule has 0 fully saturated rings. The van der Waals surface area contributed by atoms with Crippen molar-refractivity contribution in [3.8, 4) is 0 Å². The second-order valence-electron chi connectivity index (χ2n) is 1.62. The van der Waals surface area contributed by atoms with Gasteiger partial charge in [-0.2, -0.15) is 6.08 Å². The SMILES string of the molecule is Cl.Cl.[C-]1=CC1.[C-]1=CC=CC1.[Ti+2]. The second kappa shape index (κ2) is 13.1. The molecular weight excluding hydrogens is 215 g/mol. The maximum Gasteiger partial charge on any atom is 2.00 e. The summed E-state index contributed by atoms with van der Waals surface area (Å²) in [6, 6.07) is 0. The van der Waals surface area contributed by atoms with Crippen LogP contribution in [0.25, 0.3) is 0 Å². The van der Waals surface area contributed by atoms with Gasteiger partial charge in [0.15, 0.2) is 0 Å². The van der Waals surface area contributed by atoms with Gasteiger partial charge in [0.1, 0.15) is 0 Å². The zero-order chi connectivity index (χ0) is 5.66. The van der Waals surface area contributed by atoms with Crippen molar-refractivity contribution in [2.75, 3.05) is 0 Å². The molecule has 0 heterocycles. The Kier molecular flexibility index (Phi) is 21.0. The molecule has 0 aliphatic heterocycles. The van der Waals surface area contributed by atoms with E-state index < -0.39 is 0 Å². The normalized spacial score (nSPS) is 13.1. The molecule has 2 aliphatic carbocycles. The Morgan fingerprint density at radius 1 is 1.00 bits per heavy atom. The van der Waals surface area contributed by atoms with E-state index >= 15 is 0 Å². The number of rotatable bonds is 0. The molecule has 0 bridgehead atoms. The molecule has 0 unspecified atom stereocenters. The van der Waals surface area contributed by atoms with E-state index in [9.17, 15) is 0 Å². The number of halogens is 2. The van der Waals surface area contributed by atoms with E-state index in [-0.39, 0.29) is 46.5 Å². The van der Waals surface area contributed by atoms with Gasteiger partial charge in [0, 0.05) is 0 Å². The van der Waals surface area contributed by atoms with Gasteiger partial charge < -0.3 is 6.08 Å². The summed E-state index contributed by atoms with van der Waals surface area (Å²) in [6.45, 7) is 0. The predicted octanol–water partition coefficient (Wildman–Crippen LogP) is 2.90. The van der Waals surface area contributed by atoms with Crippen molar-refractivity contribution in [2.24, 2.45) is 0 Å². The van der Waals surface area contributed by atoms with Gasteiger partial charge in [-0.15, -0.1) is 31.2 Å². The summed E-state index contributed by atoms with van der Waals surface area (Å²) in [4.78, 5) is 0. The molecule has 0 saturated heterocycles. The van der Waals surface area contributed by atoms with E-state index in [1.165, 1.54) is 0 Å². The third kappa shape index (κ3) is 18.0. The van der Waals surface area contributed by atoms with E-state index in [2.05, 4.69) is 18.2 Å². The van der Waals surface area contributed by atoms with Crippen molar-refractivity contribution in [3.05, 3.63) is 36.5 Å². The molecular formula is C8H10Cl2Ti. The minimum Gasteiger partial charge on any atom is -0.502 e. The van der Waals surface area contributed by atoms with Crippen molar-refractivity contribution >= 4 is 24.8 Å². The Labute approximate surface area is 95.5 Å². The molecule has 0 aromatic rings. The first kappa shape index (κ1) is 17.6. The minimum atomic E-state index is 0. The molecule has 0 atom stereocenters. The third-order valence-electron chi connectivity index (χ3n) is 0.790. The quantitative estimate of drug-likeness (QED) is 0.439. The average molecular weight is 225 g/mol. The monoisotopic (exact) mass is 224 g/mol. The molecule has 2 aliphatic rings. The van der Waals surface area contributed by atoms with Crippen molar-refractivity contribution < 1.29 is 21.7 Å². The molecule has 2 rings (SSSR count). The summed E-state index contributed by atoms with van der Waals surface area (Å²) >= 11 is 0. The van der Waals surface area contributed by atoms with Crippen LogP contribution in [0, 0.1) is 12.2 Å². The van der Waals surface area contributed by atoms with E-state index in [1.54, 1.807) is 0 Å². The van der Waals surface area contributed by atoms with Crippen LogP contribution in [0.2, 0.25) is 0 Å². The fraction of sp³-hybridized carbons (Fsp3) is 0.250. The second-order valence-corrected chi connectivity index (χ2v) is 1.62. The smallest absolute Gasteiger partial charge is 0.502 e. The summed E-state index contributed by atoms with van der Waals surface area (Å²) in [5.41, 5.74) is 0. The van der Waals surface area contributed by atoms with Crippen LogP contribution in [0.5, 0.6) is 0 Å². The molecule has 0 aromatic carbocycles. The van der Waals surface area contributed by atoms with E-state index in [0.29, 0.717) is 0 Å². The maximum atomic E-state index is 2.99. The van der Waals surface area contributed by atoms with E-state index in [1.807, 2.05) is 18.2 Å². The molecule has 60 valence electrons. The number of hydrogen-bond donors (Lipinski definition) is 0. The minimum absolute atomic E-state index is 0. The van der Waals surface area contributed by atoms with Gasteiger partial charge >= 0.3 is 21.7 Å². The first-order valence-corrected chi connectivity index (χ1v) is 2.77. The van der Waals surface area contributed by atoms with Crippen molar-refractivity contribution in [1.29, 1.82) is 0 Å². The van der Waals surface area contributed by atoms with Crippen molar-refractivity contribution in [2.45, 2.75) is 12.8 Å². The van der Waals surface area contributed by atoms with Gasteiger partial charge in [0.05, 0.1) is 0 Å². The maximum absolute atomic E-state index is 2.99. The Morgan fingerprint density at radius 2 is 1.55 bits per heavy atom. The summed E-state index contributed by atoms with van der Waals surface area (Å²) in [5.74, 6) is 0. The first-order valence-electron chi connectivity index (χ1n) is 2.77. The van der Waals surface area contributed by atoms with Gasteiger partial charge in [-0.3, -0.25) is 12.2 Å². The molecule has 0 amide bonds. The molecule has 0 radical (unpaired) electrons. The topological polar surface area (TPSA) is 0 Å². The van der Waals surface area contributed by atoms with Crippen LogP contribution >= 0.6 is 24.8 Å². The van der Waals surface area contributed by atoms with Gasteiger partial charge in [0.25, 0.3) is 0 Å². The Morgan fingerprint density at radius 3 is 1.64 bits per heavy atom. The van der Waals surface area contributed by atoms with Crippen LogP contribution < -0.4 is 0 Å². The zero-order valence-corrected chi connectivity index (χ0v) is 9.23. The van der Waals surface area contributed by atoms with Crippen LogP contribution in [0.15, 0.2) is 24.3 Å². The molecule has 0 saturated carbocycles. The Balaban J connectivity index is -0.0000000967. The summed E-state index contributed by atoms with van der Waals surface area (Å²) in [5, 5.41) is 0. The molecule has 3 heteroatoms. The van der Waals surface area contributed by atoms with Crippen LogP contribution in [-0.2, 0) is 21.7 Å². The molecule has 0 spiro atoms. The van der Waals surface area contributed by atoms with Crippen molar-refractivity contribution in [3.63, 3.8) is 0 Å². The Hall–Kier alpha value is 0.514. The van der Waals surface area contributed by atoms with Crippen LogP contribution in [0.4, 0.5) is 0 Å². The molecule has 0 aromatic heterocycles. The average Bonchev–Trinajstić information content (AvgIpc) is 2.55. The van der Waals surface area contributed by atoms with Crippen LogP contribution in [-0.4, -0.2) is 0 Å². The van der Waals surface area contributed by atoms with Gasteiger partial charge in [-0.25, -0.2) is 18.6 Å². The van der Waals surface area contributed by atoms with Crippen LogP contribution in [0.3, 0.4) is 0 Å². The Bertz CT molecular complexity index is 125. The van der Waals surface area contributed by atoms with E-state index in [4.69, 9.17) is 0 Å². The third-order valence-corrected chi connectivity index (χ3v) is 0.790. The zero-order valence-electron chi connectivity index (χ0n) is 6.04. The summed E-state index contributed by atoms with van der Waals surface area (Å²) in [7, 11) is 0. The number of hydrogen-bond acceptors (Lipinski definition) is 0. The molecule has 0 N–H and O–H groups in total. The standard InChI is InChI=1S/C5H5.C3H3.2ClH.Ti/c1-2-4-5-3-1;1-2-3-1;;;/h1-3H,4H2;1H,2H2;2*1H;/q2*-1;;;+2. The van der Waals surface area contributed by atoms with Crippen LogP contribution in [0.1, 0.15) is 12.8 Å². The van der Waals surface area contributed by atoms with Crippen molar-refractivity contribution in [1.82, 2.24) is 0 Å². The molecule has 11 heavy (non-hydrogen) atoms. The predicted molar refractivity (Wildman–Crippen MR) is 48.5 cm³/mol. The van der Waals surface area contributed by atoms with E-state index in [0.717, 1.165) is 12.8 Å². The van der Waals surface area contributed by atoms with Gasteiger partial charge in [0.2, 0.25) is 0 Å². The fourth-order valence-corrected chi connectivity index (χ4v) is 0.340. The summed E-state index contributed by atoms with van der Waals surface area (Å²) in [6.07, 6.45) is 16.0. The fourth-order valence-electron chi connectivity index (χ4n) is 0.340. The largest absolute Gasteiger partial charge is 2.00 e.